The molecule has 2 heterocycles. The van der Waals surface area contributed by atoms with Crippen molar-refractivity contribution >= 4 is 17.3 Å². The SMILES string of the molecule is O=C(Nc1cccc(F)c1)c1cncc(N2CCN(Cc3ccccc3)CC2)c1. The maximum absolute atomic E-state index is 13.3. The summed E-state index contributed by atoms with van der Waals surface area (Å²) in [5.41, 5.74) is 3.13. The highest BCUT2D eigenvalue weighted by atomic mass is 19.1. The summed E-state index contributed by atoms with van der Waals surface area (Å²) in [4.78, 5) is 21.4. The Morgan fingerprint density at radius 3 is 2.52 bits per heavy atom. The number of halogens is 1. The summed E-state index contributed by atoms with van der Waals surface area (Å²) in [7, 11) is 0. The third kappa shape index (κ3) is 4.97. The fourth-order valence-electron chi connectivity index (χ4n) is 3.50. The maximum Gasteiger partial charge on any atom is 0.257 e. The second kappa shape index (κ2) is 8.84. The zero-order valence-electron chi connectivity index (χ0n) is 16.1. The Morgan fingerprint density at radius 1 is 0.966 bits per heavy atom. The van der Waals surface area contributed by atoms with Gasteiger partial charge in [0.15, 0.2) is 0 Å². The van der Waals surface area contributed by atoms with Gasteiger partial charge in [-0.25, -0.2) is 4.39 Å². The van der Waals surface area contributed by atoms with E-state index in [4.69, 9.17) is 0 Å². The molecule has 1 saturated heterocycles. The van der Waals surface area contributed by atoms with Gasteiger partial charge in [-0.1, -0.05) is 36.4 Å². The van der Waals surface area contributed by atoms with Crippen LogP contribution in [0.25, 0.3) is 0 Å². The lowest BCUT2D eigenvalue weighted by molar-refractivity contribution is 0.102. The molecule has 29 heavy (non-hydrogen) atoms. The predicted octanol–water partition coefficient (Wildman–Crippen LogP) is 3.80. The lowest BCUT2D eigenvalue weighted by Gasteiger charge is -2.36. The van der Waals surface area contributed by atoms with Crippen molar-refractivity contribution in [3.05, 3.63) is 90.0 Å². The molecule has 0 atom stereocenters. The molecule has 0 bridgehead atoms. The van der Waals surface area contributed by atoms with Crippen LogP contribution in [-0.2, 0) is 6.54 Å². The van der Waals surface area contributed by atoms with E-state index in [1.165, 1.54) is 23.9 Å². The lowest BCUT2D eigenvalue weighted by Crippen LogP contribution is -2.46. The number of anilines is 2. The van der Waals surface area contributed by atoms with E-state index in [1.807, 2.05) is 12.1 Å². The second-order valence-corrected chi connectivity index (χ2v) is 7.15. The van der Waals surface area contributed by atoms with E-state index in [-0.39, 0.29) is 11.7 Å². The number of rotatable bonds is 5. The van der Waals surface area contributed by atoms with E-state index in [0.29, 0.717) is 11.3 Å². The first kappa shape index (κ1) is 19.1. The fraction of sp³-hybridized carbons (Fsp3) is 0.217. The molecule has 1 amide bonds. The molecule has 0 spiro atoms. The quantitative estimate of drug-likeness (QED) is 0.720. The number of pyridine rings is 1. The molecule has 1 aliphatic heterocycles. The lowest BCUT2D eigenvalue weighted by atomic mass is 10.2. The normalized spacial score (nSPS) is 14.6. The van der Waals surface area contributed by atoms with E-state index >= 15 is 0 Å². The van der Waals surface area contributed by atoms with Crippen LogP contribution in [0.4, 0.5) is 15.8 Å². The van der Waals surface area contributed by atoms with Crippen LogP contribution >= 0.6 is 0 Å². The third-order valence-electron chi connectivity index (χ3n) is 5.05. The molecule has 5 nitrogen and oxygen atoms in total. The smallest absolute Gasteiger partial charge is 0.257 e. The van der Waals surface area contributed by atoms with Crippen LogP contribution < -0.4 is 10.2 Å². The number of nitrogens with zero attached hydrogens (tertiary/aromatic N) is 3. The van der Waals surface area contributed by atoms with E-state index in [9.17, 15) is 9.18 Å². The minimum absolute atomic E-state index is 0.298. The van der Waals surface area contributed by atoms with Crippen molar-refractivity contribution in [3.63, 3.8) is 0 Å². The van der Waals surface area contributed by atoms with Gasteiger partial charge in [-0.15, -0.1) is 0 Å². The van der Waals surface area contributed by atoms with Crippen molar-refractivity contribution in [1.82, 2.24) is 9.88 Å². The van der Waals surface area contributed by atoms with E-state index in [0.717, 1.165) is 38.4 Å². The summed E-state index contributed by atoms with van der Waals surface area (Å²) in [6, 6.07) is 18.2. The number of amides is 1. The van der Waals surface area contributed by atoms with Crippen molar-refractivity contribution in [2.75, 3.05) is 36.4 Å². The molecule has 4 rings (SSSR count). The topological polar surface area (TPSA) is 48.5 Å². The van der Waals surface area contributed by atoms with E-state index in [1.54, 1.807) is 18.3 Å². The molecule has 1 aliphatic rings. The zero-order valence-corrected chi connectivity index (χ0v) is 16.1. The van der Waals surface area contributed by atoms with Gasteiger partial charge < -0.3 is 10.2 Å². The van der Waals surface area contributed by atoms with Crippen molar-refractivity contribution in [2.45, 2.75) is 6.54 Å². The highest BCUT2D eigenvalue weighted by Crippen LogP contribution is 2.19. The van der Waals surface area contributed by atoms with Crippen LogP contribution in [-0.4, -0.2) is 42.0 Å². The van der Waals surface area contributed by atoms with Crippen molar-refractivity contribution in [2.24, 2.45) is 0 Å². The molecule has 1 N–H and O–H groups in total. The number of benzene rings is 2. The summed E-state index contributed by atoms with van der Waals surface area (Å²) in [6.45, 7) is 4.61. The first-order valence-corrected chi connectivity index (χ1v) is 9.70. The molecule has 148 valence electrons. The van der Waals surface area contributed by atoms with Crippen LogP contribution in [0, 0.1) is 5.82 Å². The van der Waals surface area contributed by atoms with Crippen molar-refractivity contribution in [3.8, 4) is 0 Å². The first-order valence-electron chi connectivity index (χ1n) is 9.70. The summed E-state index contributed by atoms with van der Waals surface area (Å²) in [5.74, 6) is -0.685. The number of aromatic nitrogens is 1. The number of nitrogens with one attached hydrogen (secondary N) is 1. The van der Waals surface area contributed by atoms with Crippen LogP contribution in [0.15, 0.2) is 73.1 Å². The van der Waals surface area contributed by atoms with Gasteiger partial charge in [-0.2, -0.15) is 0 Å². The van der Waals surface area contributed by atoms with Gasteiger partial charge in [-0.3, -0.25) is 14.7 Å². The summed E-state index contributed by atoms with van der Waals surface area (Å²) in [5, 5.41) is 2.72. The molecule has 2 aromatic carbocycles. The van der Waals surface area contributed by atoms with E-state index < -0.39 is 0 Å². The minimum Gasteiger partial charge on any atom is -0.368 e. The number of hydrogen-bond donors (Lipinski definition) is 1. The fourth-order valence-corrected chi connectivity index (χ4v) is 3.50. The molecule has 0 unspecified atom stereocenters. The molecule has 1 fully saturated rings. The largest absolute Gasteiger partial charge is 0.368 e. The van der Waals surface area contributed by atoms with Gasteiger partial charge in [-0.05, 0) is 29.8 Å². The Labute approximate surface area is 169 Å². The Balaban J connectivity index is 1.37. The number of hydrogen-bond acceptors (Lipinski definition) is 4. The Bertz CT molecular complexity index is 971. The summed E-state index contributed by atoms with van der Waals surface area (Å²) in [6.07, 6.45) is 3.32. The molecule has 0 aliphatic carbocycles. The third-order valence-corrected chi connectivity index (χ3v) is 5.05. The van der Waals surface area contributed by atoms with Gasteiger partial charge >= 0.3 is 0 Å². The monoisotopic (exact) mass is 390 g/mol. The summed E-state index contributed by atoms with van der Waals surface area (Å²) < 4.78 is 13.3. The van der Waals surface area contributed by atoms with Gasteiger partial charge in [0.25, 0.3) is 5.91 Å². The number of carbonyl (C=O) groups excluding carboxylic acids is 1. The standard InChI is InChI=1S/C23H23FN4O/c24-20-7-4-8-21(14-20)26-23(29)19-13-22(16-25-15-19)28-11-9-27(10-12-28)17-18-5-2-1-3-6-18/h1-8,13-16H,9-12,17H2,(H,26,29). The molecular weight excluding hydrogens is 367 g/mol. The molecular formula is C23H23FN4O. The Kier molecular flexibility index (Phi) is 5.81. The summed E-state index contributed by atoms with van der Waals surface area (Å²) >= 11 is 0. The van der Waals surface area contributed by atoms with Crippen LogP contribution in [0.2, 0.25) is 0 Å². The molecule has 0 radical (unpaired) electrons. The predicted molar refractivity (Wildman–Crippen MR) is 113 cm³/mol. The highest BCUT2D eigenvalue weighted by molar-refractivity contribution is 6.04. The van der Waals surface area contributed by atoms with Gasteiger partial charge in [0, 0.05) is 44.6 Å². The van der Waals surface area contributed by atoms with Crippen molar-refractivity contribution in [1.29, 1.82) is 0 Å². The van der Waals surface area contributed by atoms with Crippen LogP contribution in [0.5, 0.6) is 0 Å². The first-order chi connectivity index (χ1) is 14.2. The van der Waals surface area contributed by atoms with E-state index in [2.05, 4.69) is 44.4 Å². The van der Waals surface area contributed by atoms with Gasteiger partial charge in [0.1, 0.15) is 5.82 Å². The zero-order chi connectivity index (χ0) is 20.1. The average Bonchev–Trinajstić information content (AvgIpc) is 2.75. The Morgan fingerprint density at radius 2 is 1.76 bits per heavy atom. The second-order valence-electron chi connectivity index (χ2n) is 7.15. The highest BCUT2D eigenvalue weighted by Gasteiger charge is 2.18. The van der Waals surface area contributed by atoms with Crippen LogP contribution in [0.1, 0.15) is 15.9 Å². The average molecular weight is 390 g/mol. The number of carbonyl (C=O) groups is 1. The van der Waals surface area contributed by atoms with Crippen LogP contribution in [0.3, 0.4) is 0 Å². The Hall–Kier alpha value is -3.25. The molecule has 3 aromatic rings. The van der Waals surface area contributed by atoms with Crippen molar-refractivity contribution < 1.29 is 9.18 Å². The molecule has 6 heteroatoms. The number of piperazine rings is 1. The maximum atomic E-state index is 13.3. The molecule has 1 aromatic heterocycles. The van der Waals surface area contributed by atoms with Gasteiger partial charge in [0.05, 0.1) is 17.4 Å². The molecule has 0 saturated carbocycles. The minimum atomic E-state index is -0.386. The van der Waals surface area contributed by atoms with Gasteiger partial charge in [0.2, 0.25) is 0 Å².